The van der Waals surface area contributed by atoms with Crippen LogP contribution in [0.4, 0.5) is 10.1 Å². The average molecular weight is 348 g/mol. The van der Waals surface area contributed by atoms with Gasteiger partial charge in [0.25, 0.3) is 0 Å². The molecule has 0 aliphatic heterocycles. The first kappa shape index (κ1) is 14.3. The van der Waals surface area contributed by atoms with Crippen molar-refractivity contribution in [1.29, 1.82) is 0 Å². The molecule has 3 rings (SSSR count). The average Bonchev–Trinajstić information content (AvgIpc) is 2.88. The van der Waals surface area contributed by atoms with Gasteiger partial charge in [0.15, 0.2) is 0 Å². The molecule has 2 nitrogen and oxygen atoms in total. The summed E-state index contributed by atoms with van der Waals surface area (Å²) >= 11 is 3.14. The number of hydrogen-bond acceptors (Lipinski definition) is 1. The highest BCUT2D eigenvalue weighted by atomic mass is 79.9. The number of nitrogens with one attached hydrogen (secondary N) is 1. The molecule has 0 saturated heterocycles. The highest BCUT2D eigenvalue weighted by Crippen LogP contribution is 2.29. The molecule has 0 bridgehead atoms. The van der Waals surface area contributed by atoms with E-state index in [0.717, 1.165) is 18.4 Å². The maximum atomic E-state index is 13.6. The predicted molar refractivity (Wildman–Crippen MR) is 84.8 cm³/mol. The lowest BCUT2D eigenvalue weighted by molar-refractivity contribution is -0.119. The Morgan fingerprint density at radius 3 is 2.48 bits per heavy atom. The van der Waals surface area contributed by atoms with Gasteiger partial charge in [-0.15, -0.1) is 0 Å². The molecule has 0 spiro atoms. The van der Waals surface area contributed by atoms with E-state index in [1.54, 1.807) is 6.07 Å². The summed E-state index contributed by atoms with van der Waals surface area (Å²) in [7, 11) is 0. The predicted octanol–water partition coefficient (Wildman–Crippen LogP) is 4.25. The maximum absolute atomic E-state index is 13.6. The Bertz CT molecular complexity index is 689. The lowest BCUT2D eigenvalue weighted by Gasteiger charge is -2.13. The number of halogens is 2. The number of fused-ring (bicyclic) bond motifs is 1. The van der Waals surface area contributed by atoms with Crippen LogP contribution in [0.2, 0.25) is 0 Å². The Hall–Kier alpha value is -1.68. The third-order valence-corrected chi connectivity index (χ3v) is 4.55. The monoisotopic (exact) mass is 347 g/mol. The van der Waals surface area contributed by atoms with Crippen molar-refractivity contribution >= 4 is 27.5 Å². The summed E-state index contributed by atoms with van der Waals surface area (Å²) in [6, 6.07) is 11.1. The molecule has 21 heavy (non-hydrogen) atoms. The van der Waals surface area contributed by atoms with E-state index in [1.807, 2.05) is 19.1 Å². The van der Waals surface area contributed by atoms with Gasteiger partial charge in [-0.05, 0) is 64.5 Å². The standard InChI is InChI=1S/C17H15BrFNO/c1-10-6-14(18)15(19)9-16(10)20-17(21)13-7-11-4-2-3-5-12(11)8-13/h2-6,9,13H,7-8H2,1H3,(H,20,21). The van der Waals surface area contributed by atoms with Gasteiger partial charge in [0.05, 0.1) is 4.47 Å². The third kappa shape index (κ3) is 2.86. The second-order valence-electron chi connectivity index (χ2n) is 5.44. The highest BCUT2D eigenvalue weighted by Gasteiger charge is 2.27. The van der Waals surface area contributed by atoms with E-state index in [9.17, 15) is 9.18 Å². The van der Waals surface area contributed by atoms with Crippen molar-refractivity contribution in [1.82, 2.24) is 0 Å². The summed E-state index contributed by atoms with van der Waals surface area (Å²) < 4.78 is 14.0. The maximum Gasteiger partial charge on any atom is 0.228 e. The van der Waals surface area contributed by atoms with Gasteiger partial charge in [-0.25, -0.2) is 4.39 Å². The Labute approximate surface area is 131 Å². The summed E-state index contributed by atoms with van der Waals surface area (Å²) in [6.45, 7) is 1.85. The summed E-state index contributed by atoms with van der Waals surface area (Å²) in [6.07, 6.45) is 1.50. The number of hydrogen-bond donors (Lipinski definition) is 1. The first-order valence-electron chi connectivity index (χ1n) is 6.88. The Morgan fingerprint density at radius 1 is 1.24 bits per heavy atom. The van der Waals surface area contributed by atoms with Crippen LogP contribution in [0.25, 0.3) is 0 Å². The Balaban J connectivity index is 1.75. The number of carbonyl (C=O) groups is 1. The smallest absolute Gasteiger partial charge is 0.228 e. The van der Waals surface area contributed by atoms with Crippen molar-refractivity contribution < 1.29 is 9.18 Å². The van der Waals surface area contributed by atoms with E-state index in [0.29, 0.717) is 10.2 Å². The third-order valence-electron chi connectivity index (χ3n) is 3.95. The lowest BCUT2D eigenvalue weighted by Crippen LogP contribution is -2.23. The fourth-order valence-electron chi connectivity index (χ4n) is 2.76. The fraction of sp³-hybridized carbons (Fsp3) is 0.235. The van der Waals surface area contributed by atoms with E-state index in [4.69, 9.17) is 0 Å². The Morgan fingerprint density at radius 2 is 1.86 bits per heavy atom. The molecule has 0 heterocycles. The van der Waals surface area contributed by atoms with E-state index >= 15 is 0 Å². The number of carbonyl (C=O) groups excluding carboxylic acids is 1. The van der Waals surface area contributed by atoms with Crippen LogP contribution in [-0.2, 0) is 17.6 Å². The molecular formula is C17H15BrFNO. The van der Waals surface area contributed by atoms with E-state index in [-0.39, 0.29) is 17.6 Å². The summed E-state index contributed by atoms with van der Waals surface area (Å²) in [5.74, 6) is -0.491. The first-order valence-corrected chi connectivity index (χ1v) is 7.67. The molecule has 0 atom stereocenters. The lowest BCUT2D eigenvalue weighted by atomic mass is 10.1. The Kier molecular flexibility index (Phi) is 3.81. The molecule has 108 valence electrons. The fourth-order valence-corrected chi connectivity index (χ4v) is 3.22. The van der Waals surface area contributed by atoms with Crippen molar-refractivity contribution in [3.8, 4) is 0 Å². The molecule has 0 fully saturated rings. The minimum Gasteiger partial charge on any atom is -0.325 e. The second-order valence-corrected chi connectivity index (χ2v) is 6.30. The summed E-state index contributed by atoms with van der Waals surface area (Å²) in [4.78, 5) is 12.4. The summed E-state index contributed by atoms with van der Waals surface area (Å²) in [5.41, 5.74) is 3.84. The molecule has 4 heteroatoms. The molecule has 2 aromatic rings. The van der Waals surface area contributed by atoms with Crippen LogP contribution >= 0.6 is 15.9 Å². The van der Waals surface area contributed by atoms with Gasteiger partial charge in [0.2, 0.25) is 5.91 Å². The zero-order valence-electron chi connectivity index (χ0n) is 11.6. The van der Waals surface area contributed by atoms with E-state index in [1.165, 1.54) is 17.2 Å². The van der Waals surface area contributed by atoms with Gasteiger partial charge in [-0.1, -0.05) is 24.3 Å². The van der Waals surface area contributed by atoms with E-state index in [2.05, 4.69) is 33.4 Å². The van der Waals surface area contributed by atoms with Crippen molar-refractivity contribution in [3.63, 3.8) is 0 Å². The molecule has 1 amide bonds. The van der Waals surface area contributed by atoms with Crippen LogP contribution in [0, 0.1) is 18.7 Å². The largest absolute Gasteiger partial charge is 0.325 e. The van der Waals surface area contributed by atoms with Gasteiger partial charge in [0, 0.05) is 11.6 Å². The molecule has 0 unspecified atom stereocenters. The number of benzene rings is 2. The zero-order chi connectivity index (χ0) is 15.0. The SMILES string of the molecule is Cc1cc(Br)c(F)cc1NC(=O)C1Cc2ccccc2C1. The number of anilines is 1. The van der Waals surface area contributed by atoms with E-state index < -0.39 is 0 Å². The molecule has 0 aromatic heterocycles. The first-order chi connectivity index (χ1) is 10.0. The van der Waals surface area contributed by atoms with Crippen LogP contribution in [0.5, 0.6) is 0 Å². The topological polar surface area (TPSA) is 29.1 Å². The van der Waals surface area contributed by atoms with Gasteiger partial charge >= 0.3 is 0 Å². The highest BCUT2D eigenvalue weighted by molar-refractivity contribution is 9.10. The molecule has 2 aromatic carbocycles. The zero-order valence-corrected chi connectivity index (χ0v) is 13.2. The van der Waals surface area contributed by atoms with Crippen LogP contribution in [0.15, 0.2) is 40.9 Å². The summed E-state index contributed by atoms with van der Waals surface area (Å²) in [5, 5.41) is 2.86. The van der Waals surface area contributed by atoms with Crippen LogP contribution in [0.3, 0.4) is 0 Å². The molecule has 1 N–H and O–H groups in total. The number of rotatable bonds is 2. The van der Waals surface area contributed by atoms with Gasteiger partial charge in [0.1, 0.15) is 5.82 Å². The van der Waals surface area contributed by atoms with Crippen molar-refractivity contribution in [2.45, 2.75) is 19.8 Å². The van der Waals surface area contributed by atoms with Crippen molar-refractivity contribution in [2.75, 3.05) is 5.32 Å². The van der Waals surface area contributed by atoms with Crippen LogP contribution < -0.4 is 5.32 Å². The van der Waals surface area contributed by atoms with Crippen molar-refractivity contribution in [2.24, 2.45) is 5.92 Å². The van der Waals surface area contributed by atoms with Gasteiger partial charge < -0.3 is 5.32 Å². The molecular weight excluding hydrogens is 333 g/mol. The van der Waals surface area contributed by atoms with Crippen LogP contribution in [0.1, 0.15) is 16.7 Å². The normalized spacial score (nSPS) is 14.0. The molecule has 0 saturated carbocycles. The second kappa shape index (κ2) is 5.60. The number of amides is 1. The quantitative estimate of drug-likeness (QED) is 0.864. The van der Waals surface area contributed by atoms with Crippen molar-refractivity contribution in [3.05, 3.63) is 63.4 Å². The molecule has 1 aliphatic rings. The number of aryl methyl sites for hydroxylation is 1. The van der Waals surface area contributed by atoms with Crippen LogP contribution in [-0.4, -0.2) is 5.91 Å². The van der Waals surface area contributed by atoms with Gasteiger partial charge in [-0.2, -0.15) is 0 Å². The molecule has 0 radical (unpaired) electrons. The minimum absolute atomic E-state index is 0.0453. The minimum atomic E-state index is -0.370. The molecule has 1 aliphatic carbocycles. The van der Waals surface area contributed by atoms with Gasteiger partial charge in [-0.3, -0.25) is 4.79 Å².